The van der Waals surface area contributed by atoms with E-state index in [1.54, 1.807) is 0 Å². The summed E-state index contributed by atoms with van der Waals surface area (Å²) in [4.78, 5) is 4.70. The predicted octanol–water partition coefficient (Wildman–Crippen LogP) is 13.4. The fraction of sp³-hybridized carbons (Fsp3) is 0.130. The number of benzene rings is 6. The Balaban J connectivity index is 1.39. The van der Waals surface area contributed by atoms with Gasteiger partial charge in [-0.25, -0.2) is 0 Å². The fourth-order valence-corrected chi connectivity index (χ4v) is 6.19. The molecule has 6 aromatic carbocycles. The number of allylic oxidation sites excluding steroid dienone is 1. The maximum absolute atomic E-state index is 2.35. The van der Waals surface area contributed by atoms with Crippen LogP contribution in [0.3, 0.4) is 0 Å². The molecule has 0 fully saturated rings. The third kappa shape index (κ3) is 7.35. The Labute approximate surface area is 287 Å². The van der Waals surface area contributed by atoms with Crippen LogP contribution in [0.2, 0.25) is 0 Å². The second-order valence-corrected chi connectivity index (χ2v) is 12.7. The average Bonchev–Trinajstić information content (AvgIpc) is 3.07. The lowest BCUT2D eigenvalue weighted by Gasteiger charge is -2.29. The monoisotopic (exact) mass is 624 g/mol. The Kier molecular flexibility index (Phi) is 9.73. The number of aryl methyl sites for hydroxylation is 5. The van der Waals surface area contributed by atoms with E-state index >= 15 is 0 Å². The van der Waals surface area contributed by atoms with Gasteiger partial charge >= 0.3 is 0 Å². The Hall–Kier alpha value is -5.60. The minimum absolute atomic E-state index is 1.11. The summed E-state index contributed by atoms with van der Waals surface area (Å²) in [6, 6.07) is 48.5. The van der Waals surface area contributed by atoms with Crippen LogP contribution in [-0.4, -0.2) is 0 Å². The second-order valence-electron chi connectivity index (χ2n) is 12.7. The molecule has 0 saturated carbocycles. The van der Waals surface area contributed by atoms with Gasteiger partial charge in [0.2, 0.25) is 0 Å². The topological polar surface area (TPSA) is 6.48 Å². The van der Waals surface area contributed by atoms with Gasteiger partial charge in [-0.3, -0.25) is 0 Å². The summed E-state index contributed by atoms with van der Waals surface area (Å²) in [5.74, 6) is 0. The zero-order chi connectivity index (χ0) is 33.6. The lowest BCUT2D eigenvalue weighted by Crippen LogP contribution is -2.13. The minimum Gasteiger partial charge on any atom is -0.310 e. The highest BCUT2D eigenvalue weighted by Crippen LogP contribution is 2.40. The number of rotatable bonds is 9. The van der Waals surface area contributed by atoms with Crippen molar-refractivity contribution >= 4 is 52.4 Å². The van der Waals surface area contributed by atoms with Crippen LogP contribution in [0.15, 0.2) is 140 Å². The third-order valence-corrected chi connectivity index (χ3v) is 8.79. The van der Waals surface area contributed by atoms with Gasteiger partial charge in [0, 0.05) is 34.1 Å². The first-order valence-electron chi connectivity index (χ1n) is 16.7. The fourth-order valence-electron chi connectivity index (χ4n) is 6.19. The number of nitrogens with zero attached hydrogens (tertiary/aromatic N) is 2. The van der Waals surface area contributed by atoms with E-state index in [1.165, 1.54) is 44.5 Å². The van der Waals surface area contributed by atoms with Gasteiger partial charge in [0.15, 0.2) is 0 Å². The number of hydrogen-bond donors (Lipinski definition) is 0. The van der Waals surface area contributed by atoms with E-state index in [2.05, 4.69) is 209 Å². The van der Waals surface area contributed by atoms with E-state index in [0.717, 1.165) is 34.1 Å². The van der Waals surface area contributed by atoms with Gasteiger partial charge in [-0.05, 0) is 153 Å². The highest BCUT2D eigenvalue weighted by atomic mass is 15.2. The van der Waals surface area contributed by atoms with Crippen molar-refractivity contribution in [3.05, 3.63) is 184 Å². The van der Waals surface area contributed by atoms with Crippen molar-refractivity contribution in [3.63, 3.8) is 0 Å². The van der Waals surface area contributed by atoms with Crippen LogP contribution < -0.4 is 9.80 Å². The highest BCUT2D eigenvalue weighted by molar-refractivity contribution is 5.83. The maximum atomic E-state index is 2.35. The zero-order valence-electron chi connectivity index (χ0n) is 28.9. The third-order valence-electron chi connectivity index (χ3n) is 8.79. The smallest absolute Gasteiger partial charge is 0.0464 e. The van der Waals surface area contributed by atoms with Gasteiger partial charge in [-0.15, -0.1) is 0 Å². The van der Waals surface area contributed by atoms with Crippen LogP contribution in [0.5, 0.6) is 0 Å². The molecule has 2 heteroatoms. The van der Waals surface area contributed by atoms with Crippen LogP contribution in [0.25, 0.3) is 18.2 Å². The van der Waals surface area contributed by atoms with Crippen LogP contribution in [0.4, 0.5) is 34.1 Å². The second kappa shape index (κ2) is 14.4. The molecule has 0 saturated heterocycles. The van der Waals surface area contributed by atoms with Crippen molar-refractivity contribution < 1.29 is 0 Å². The summed E-state index contributed by atoms with van der Waals surface area (Å²) in [6.45, 7) is 12.9. The van der Waals surface area contributed by atoms with Gasteiger partial charge in [-0.1, -0.05) is 90.5 Å². The minimum atomic E-state index is 1.11. The molecule has 0 unspecified atom stereocenters. The van der Waals surface area contributed by atoms with Crippen LogP contribution in [-0.2, 0) is 0 Å². The Morgan fingerprint density at radius 2 is 0.812 bits per heavy atom. The van der Waals surface area contributed by atoms with Crippen LogP contribution in [0.1, 0.15) is 51.4 Å². The molecule has 48 heavy (non-hydrogen) atoms. The number of hydrogen-bond acceptors (Lipinski definition) is 2. The predicted molar refractivity (Wildman–Crippen MR) is 210 cm³/mol. The standard InChI is InChI=1S/C46H44N2/c1-7-10-39-21-23-45(31-36(39)5)47(43-13-8-11-34(3)29-43)41-25-27-42(28-26-41)48(44-14-9-12-35(4)30-44)46-24-22-40(37(6)32-46)20-19-38-17-15-33(2)16-18-38/h7-32H,1-6H3. The molecule has 2 nitrogen and oxygen atoms in total. The van der Waals surface area contributed by atoms with E-state index < -0.39 is 0 Å². The molecule has 0 atom stereocenters. The molecular weight excluding hydrogens is 581 g/mol. The molecule has 0 aliphatic carbocycles. The van der Waals surface area contributed by atoms with Gasteiger partial charge < -0.3 is 9.80 Å². The maximum Gasteiger partial charge on any atom is 0.0464 e. The quantitative estimate of drug-likeness (QED) is 0.148. The van der Waals surface area contributed by atoms with E-state index in [-0.39, 0.29) is 0 Å². The van der Waals surface area contributed by atoms with Crippen molar-refractivity contribution in [1.82, 2.24) is 0 Å². The van der Waals surface area contributed by atoms with Crippen molar-refractivity contribution in [3.8, 4) is 0 Å². The highest BCUT2D eigenvalue weighted by Gasteiger charge is 2.17. The molecular formula is C46H44N2. The Morgan fingerprint density at radius 3 is 1.25 bits per heavy atom. The van der Waals surface area contributed by atoms with Gasteiger partial charge in [0.05, 0.1) is 0 Å². The van der Waals surface area contributed by atoms with Gasteiger partial charge in [-0.2, -0.15) is 0 Å². The van der Waals surface area contributed by atoms with E-state index in [0.29, 0.717) is 0 Å². The summed E-state index contributed by atoms with van der Waals surface area (Å²) in [7, 11) is 0. The molecule has 6 rings (SSSR count). The molecule has 0 N–H and O–H groups in total. The largest absolute Gasteiger partial charge is 0.310 e. The molecule has 0 amide bonds. The van der Waals surface area contributed by atoms with Crippen LogP contribution in [0, 0.1) is 34.6 Å². The molecule has 0 bridgehead atoms. The first kappa shape index (κ1) is 32.3. The van der Waals surface area contributed by atoms with E-state index in [1.807, 2.05) is 0 Å². The lowest BCUT2D eigenvalue weighted by molar-refractivity contribution is 1.23. The normalized spacial score (nSPS) is 11.4. The van der Waals surface area contributed by atoms with Crippen molar-refractivity contribution in [2.24, 2.45) is 0 Å². The summed E-state index contributed by atoms with van der Waals surface area (Å²) in [5.41, 5.74) is 16.6. The van der Waals surface area contributed by atoms with Crippen molar-refractivity contribution in [2.45, 2.75) is 41.5 Å². The van der Waals surface area contributed by atoms with Crippen LogP contribution >= 0.6 is 0 Å². The molecule has 238 valence electrons. The molecule has 0 spiro atoms. The first-order chi connectivity index (χ1) is 23.3. The average molecular weight is 625 g/mol. The van der Waals surface area contributed by atoms with Gasteiger partial charge in [0.1, 0.15) is 0 Å². The first-order valence-corrected chi connectivity index (χ1v) is 16.7. The number of anilines is 6. The van der Waals surface area contributed by atoms with E-state index in [9.17, 15) is 0 Å². The Bertz CT molecular complexity index is 2080. The van der Waals surface area contributed by atoms with Crippen molar-refractivity contribution in [1.29, 1.82) is 0 Å². The molecule has 0 aliphatic heterocycles. The summed E-state index contributed by atoms with van der Waals surface area (Å²) < 4.78 is 0. The molecule has 0 aromatic heterocycles. The molecule has 6 aromatic rings. The van der Waals surface area contributed by atoms with Gasteiger partial charge in [0.25, 0.3) is 0 Å². The summed E-state index contributed by atoms with van der Waals surface area (Å²) in [5, 5.41) is 0. The Morgan fingerprint density at radius 1 is 0.375 bits per heavy atom. The molecule has 0 heterocycles. The summed E-state index contributed by atoms with van der Waals surface area (Å²) in [6.07, 6.45) is 8.66. The van der Waals surface area contributed by atoms with E-state index in [4.69, 9.17) is 0 Å². The van der Waals surface area contributed by atoms with Crippen molar-refractivity contribution in [2.75, 3.05) is 9.80 Å². The molecule has 0 radical (unpaired) electrons. The molecule has 0 aliphatic rings. The SMILES string of the molecule is CC=Cc1ccc(N(c2ccc(N(c3cccc(C)c3)c3ccc(C=Cc4ccc(C)cc4)c(C)c3)cc2)c2cccc(C)c2)cc1C. The lowest BCUT2D eigenvalue weighted by atomic mass is 10.0. The zero-order valence-corrected chi connectivity index (χ0v) is 28.9. The summed E-state index contributed by atoms with van der Waals surface area (Å²) >= 11 is 0.